The zero-order chi connectivity index (χ0) is 13.9. The molecule has 3 rings (SSSR count). The van der Waals surface area contributed by atoms with Crippen LogP contribution in [0.15, 0.2) is 36.8 Å². The van der Waals surface area contributed by atoms with Crippen molar-refractivity contribution in [2.24, 2.45) is 0 Å². The van der Waals surface area contributed by atoms with Crippen LogP contribution >= 0.6 is 11.3 Å². The SMILES string of the molecule is CCc1cccc2sc(NC(=O)c3cnccn3)nc12. The highest BCUT2D eigenvalue weighted by Gasteiger charge is 2.12. The number of amides is 1. The molecule has 0 fully saturated rings. The first kappa shape index (κ1) is 12.7. The van der Waals surface area contributed by atoms with Gasteiger partial charge in [0.15, 0.2) is 5.13 Å². The van der Waals surface area contributed by atoms with Crippen molar-refractivity contribution in [3.05, 3.63) is 48.0 Å². The molecule has 2 aromatic heterocycles. The number of carbonyl (C=O) groups is 1. The van der Waals surface area contributed by atoms with E-state index in [9.17, 15) is 4.79 Å². The smallest absolute Gasteiger partial charge is 0.277 e. The molecular weight excluding hydrogens is 272 g/mol. The summed E-state index contributed by atoms with van der Waals surface area (Å²) in [6.45, 7) is 2.09. The lowest BCUT2D eigenvalue weighted by atomic mass is 10.1. The quantitative estimate of drug-likeness (QED) is 0.803. The van der Waals surface area contributed by atoms with Crippen LogP contribution in [-0.4, -0.2) is 20.9 Å². The van der Waals surface area contributed by atoms with E-state index in [4.69, 9.17) is 0 Å². The number of nitrogens with one attached hydrogen (secondary N) is 1. The summed E-state index contributed by atoms with van der Waals surface area (Å²) in [6.07, 6.45) is 5.36. The number of anilines is 1. The number of fused-ring (bicyclic) bond motifs is 1. The zero-order valence-electron chi connectivity index (χ0n) is 10.8. The lowest BCUT2D eigenvalue weighted by Crippen LogP contribution is -2.13. The fraction of sp³-hybridized carbons (Fsp3) is 0.143. The molecule has 0 saturated carbocycles. The average Bonchev–Trinajstić information content (AvgIpc) is 2.90. The minimum Gasteiger partial charge on any atom is -0.296 e. The first-order valence-electron chi connectivity index (χ1n) is 6.23. The fourth-order valence-electron chi connectivity index (χ4n) is 1.92. The Morgan fingerprint density at radius 2 is 2.25 bits per heavy atom. The van der Waals surface area contributed by atoms with E-state index in [0.29, 0.717) is 5.13 Å². The van der Waals surface area contributed by atoms with E-state index >= 15 is 0 Å². The molecule has 100 valence electrons. The largest absolute Gasteiger partial charge is 0.296 e. The number of benzene rings is 1. The number of para-hydroxylation sites is 1. The number of aromatic nitrogens is 3. The molecule has 0 bridgehead atoms. The van der Waals surface area contributed by atoms with Crippen molar-refractivity contribution >= 4 is 32.6 Å². The van der Waals surface area contributed by atoms with Gasteiger partial charge in [-0.1, -0.05) is 30.4 Å². The molecular formula is C14H12N4OS. The Bertz CT molecular complexity index is 754. The predicted octanol–water partition coefficient (Wildman–Crippen LogP) is 2.90. The van der Waals surface area contributed by atoms with E-state index in [1.54, 1.807) is 0 Å². The lowest BCUT2D eigenvalue weighted by Gasteiger charge is -1.99. The molecule has 3 aromatic rings. The molecule has 5 nitrogen and oxygen atoms in total. The van der Waals surface area contributed by atoms with Gasteiger partial charge in [-0.2, -0.15) is 0 Å². The first-order chi connectivity index (χ1) is 9.78. The molecule has 0 aliphatic rings. The number of carbonyl (C=O) groups excluding carboxylic acids is 1. The van der Waals surface area contributed by atoms with Crippen molar-refractivity contribution in [2.75, 3.05) is 5.32 Å². The molecule has 2 heterocycles. The second-order valence-corrected chi connectivity index (χ2v) is 5.21. The van der Waals surface area contributed by atoms with Gasteiger partial charge in [0.05, 0.1) is 16.4 Å². The summed E-state index contributed by atoms with van der Waals surface area (Å²) < 4.78 is 1.07. The van der Waals surface area contributed by atoms with Crippen molar-refractivity contribution in [1.29, 1.82) is 0 Å². The number of rotatable bonds is 3. The molecule has 0 aliphatic heterocycles. The van der Waals surface area contributed by atoms with E-state index in [0.717, 1.165) is 16.6 Å². The summed E-state index contributed by atoms with van der Waals surface area (Å²) in [6, 6.07) is 6.06. The Kier molecular flexibility index (Phi) is 3.39. The maximum atomic E-state index is 12.0. The van der Waals surface area contributed by atoms with E-state index in [1.165, 1.54) is 35.5 Å². The molecule has 6 heteroatoms. The fourth-order valence-corrected chi connectivity index (χ4v) is 2.83. The Morgan fingerprint density at radius 3 is 3.00 bits per heavy atom. The number of hydrogen-bond acceptors (Lipinski definition) is 5. The number of nitrogens with zero attached hydrogens (tertiary/aromatic N) is 3. The van der Waals surface area contributed by atoms with Crippen LogP contribution in [0.2, 0.25) is 0 Å². The lowest BCUT2D eigenvalue weighted by molar-refractivity contribution is 0.102. The third-order valence-corrected chi connectivity index (χ3v) is 3.84. The predicted molar refractivity (Wildman–Crippen MR) is 79.0 cm³/mol. The van der Waals surface area contributed by atoms with Gasteiger partial charge < -0.3 is 0 Å². The molecule has 0 atom stereocenters. The molecule has 0 radical (unpaired) electrons. The normalized spacial score (nSPS) is 10.7. The van der Waals surface area contributed by atoms with Crippen LogP contribution < -0.4 is 5.32 Å². The summed E-state index contributed by atoms with van der Waals surface area (Å²) >= 11 is 1.46. The van der Waals surface area contributed by atoms with Crippen LogP contribution in [0, 0.1) is 0 Å². The van der Waals surface area contributed by atoms with Gasteiger partial charge >= 0.3 is 0 Å². The highest BCUT2D eigenvalue weighted by atomic mass is 32.1. The molecule has 0 saturated heterocycles. The van der Waals surface area contributed by atoms with Crippen molar-refractivity contribution in [2.45, 2.75) is 13.3 Å². The topological polar surface area (TPSA) is 67.8 Å². The van der Waals surface area contributed by atoms with Crippen molar-refractivity contribution < 1.29 is 4.79 Å². The maximum Gasteiger partial charge on any atom is 0.277 e. The maximum absolute atomic E-state index is 12.0. The molecule has 0 aliphatic carbocycles. The summed E-state index contributed by atoms with van der Waals surface area (Å²) in [7, 11) is 0. The van der Waals surface area contributed by atoms with Crippen molar-refractivity contribution in [3.8, 4) is 0 Å². The summed E-state index contributed by atoms with van der Waals surface area (Å²) in [4.78, 5) is 24.3. The van der Waals surface area contributed by atoms with Gasteiger partial charge in [-0.05, 0) is 18.1 Å². The first-order valence-corrected chi connectivity index (χ1v) is 7.05. The van der Waals surface area contributed by atoms with Crippen LogP contribution in [0.1, 0.15) is 23.0 Å². The molecule has 1 amide bonds. The molecule has 0 unspecified atom stereocenters. The van der Waals surface area contributed by atoms with E-state index in [-0.39, 0.29) is 11.6 Å². The second-order valence-electron chi connectivity index (χ2n) is 4.18. The highest BCUT2D eigenvalue weighted by molar-refractivity contribution is 7.22. The van der Waals surface area contributed by atoms with Crippen LogP contribution in [0.4, 0.5) is 5.13 Å². The number of aryl methyl sites for hydroxylation is 1. The highest BCUT2D eigenvalue weighted by Crippen LogP contribution is 2.28. The van der Waals surface area contributed by atoms with Gasteiger partial charge in [-0.15, -0.1) is 0 Å². The number of hydrogen-bond donors (Lipinski definition) is 1. The van der Waals surface area contributed by atoms with Crippen LogP contribution in [0.5, 0.6) is 0 Å². The van der Waals surface area contributed by atoms with Gasteiger partial charge in [-0.3, -0.25) is 15.1 Å². The van der Waals surface area contributed by atoms with Gasteiger partial charge in [0.1, 0.15) is 5.69 Å². The van der Waals surface area contributed by atoms with Crippen molar-refractivity contribution in [3.63, 3.8) is 0 Å². The Hall–Kier alpha value is -2.34. The average molecular weight is 284 g/mol. The van der Waals surface area contributed by atoms with Crippen LogP contribution in [0.3, 0.4) is 0 Å². The zero-order valence-corrected chi connectivity index (χ0v) is 11.6. The summed E-state index contributed by atoms with van der Waals surface area (Å²) in [5.41, 5.74) is 2.41. The molecule has 20 heavy (non-hydrogen) atoms. The van der Waals surface area contributed by atoms with Gasteiger partial charge in [0.25, 0.3) is 5.91 Å². The monoisotopic (exact) mass is 284 g/mol. The standard InChI is InChI=1S/C14H12N4OS/c1-2-9-4-3-5-11-12(9)17-14(20-11)18-13(19)10-8-15-6-7-16-10/h3-8H,2H2,1H3,(H,17,18,19). The molecule has 1 N–H and O–H groups in total. The van der Waals surface area contributed by atoms with Gasteiger partial charge in [-0.25, -0.2) is 9.97 Å². The van der Waals surface area contributed by atoms with Gasteiger partial charge in [0.2, 0.25) is 0 Å². The van der Waals surface area contributed by atoms with E-state index in [1.807, 2.05) is 12.1 Å². The third-order valence-electron chi connectivity index (χ3n) is 2.90. The third kappa shape index (κ3) is 2.37. The van der Waals surface area contributed by atoms with Gasteiger partial charge in [0, 0.05) is 12.4 Å². The van der Waals surface area contributed by atoms with Crippen LogP contribution in [-0.2, 0) is 6.42 Å². The minimum atomic E-state index is -0.296. The number of thiazole rings is 1. The summed E-state index contributed by atoms with van der Waals surface area (Å²) in [5.74, 6) is -0.296. The van der Waals surface area contributed by atoms with Crippen LogP contribution in [0.25, 0.3) is 10.2 Å². The van der Waals surface area contributed by atoms with Crippen molar-refractivity contribution in [1.82, 2.24) is 15.0 Å². The Balaban J connectivity index is 1.90. The minimum absolute atomic E-state index is 0.280. The Morgan fingerprint density at radius 1 is 1.35 bits per heavy atom. The second kappa shape index (κ2) is 5.34. The van der Waals surface area contributed by atoms with E-state index in [2.05, 4.69) is 33.3 Å². The molecule has 0 spiro atoms. The Labute approximate surface area is 119 Å². The summed E-state index contributed by atoms with van der Waals surface area (Å²) in [5, 5.41) is 3.35. The molecule has 1 aromatic carbocycles. The van der Waals surface area contributed by atoms with E-state index < -0.39 is 0 Å².